The van der Waals surface area contributed by atoms with Crippen molar-refractivity contribution in [2.24, 2.45) is 0 Å². The highest BCUT2D eigenvalue weighted by atomic mass is 32.2. The summed E-state index contributed by atoms with van der Waals surface area (Å²) in [5.41, 5.74) is 1.93. The Morgan fingerprint density at radius 3 is 2.28 bits per heavy atom. The molecular formula is C14H18O3S. The molecule has 1 N–H and O–H groups in total. The van der Waals surface area contributed by atoms with Gasteiger partial charge in [-0.2, -0.15) is 0 Å². The summed E-state index contributed by atoms with van der Waals surface area (Å²) < 4.78 is 23.8. The van der Waals surface area contributed by atoms with Gasteiger partial charge in [0.1, 0.15) is 0 Å². The highest BCUT2D eigenvalue weighted by Gasteiger charge is 2.10. The number of hydrogen-bond donors (Lipinski definition) is 1. The Kier molecular flexibility index (Phi) is 4.87. The number of allylic oxidation sites excluding steroid dienone is 1. The largest absolute Gasteiger partial charge is 0.385 e. The summed E-state index contributed by atoms with van der Waals surface area (Å²) in [7, 11) is -3.48. The van der Waals surface area contributed by atoms with Crippen LogP contribution in [0.4, 0.5) is 0 Å². The average molecular weight is 266 g/mol. The maximum atomic E-state index is 11.9. The smallest absolute Gasteiger partial charge is 0.199 e. The molecule has 4 heteroatoms. The van der Waals surface area contributed by atoms with Crippen LogP contribution in [0.15, 0.2) is 52.3 Å². The van der Waals surface area contributed by atoms with E-state index < -0.39 is 15.9 Å². The molecule has 0 heterocycles. The lowest BCUT2D eigenvalue weighted by molar-refractivity contribution is 0.271. The Bertz CT molecular complexity index is 547. The van der Waals surface area contributed by atoms with Gasteiger partial charge in [-0.1, -0.05) is 29.3 Å². The molecule has 1 aromatic carbocycles. The molecule has 0 amide bonds. The molecule has 0 saturated heterocycles. The van der Waals surface area contributed by atoms with Crippen LogP contribution in [0.1, 0.15) is 19.4 Å². The van der Waals surface area contributed by atoms with E-state index in [0.29, 0.717) is 0 Å². The number of hydrogen-bond acceptors (Lipinski definition) is 3. The van der Waals surface area contributed by atoms with E-state index in [-0.39, 0.29) is 4.90 Å². The van der Waals surface area contributed by atoms with E-state index in [2.05, 4.69) is 0 Å². The van der Waals surface area contributed by atoms with Crippen molar-refractivity contribution in [2.45, 2.75) is 31.8 Å². The van der Waals surface area contributed by atoms with Crippen LogP contribution in [0, 0.1) is 6.92 Å². The van der Waals surface area contributed by atoms with Crippen LogP contribution < -0.4 is 0 Å². The Labute approximate surface area is 108 Å². The predicted octanol–water partition coefficient (Wildman–Crippen LogP) is 2.61. The number of aryl methyl sites for hydroxylation is 1. The molecule has 0 spiro atoms. The number of aliphatic hydroxyl groups excluding tert-OH is 1. The Balaban J connectivity index is 2.92. The maximum absolute atomic E-state index is 11.9. The van der Waals surface area contributed by atoms with Gasteiger partial charge in [-0.25, -0.2) is 8.42 Å². The van der Waals surface area contributed by atoms with Gasteiger partial charge < -0.3 is 5.11 Å². The maximum Gasteiger partial charge on any atom is 0.199 e. The number of rotatable bonds is 4. The van der Waals surface area contributed by atoms with E-state index in [1.54, 1.807) is 30.3 Å². The predicted molar refractivity (Wildman–Crippen MR) is 72.9 cm³/mol. The quantitative estimate of drug-likeness (QED) is 0.852. The number of benzene rings is 1. The zero-order valence-electron chi connectivity index (χ0n) is 10.8. The monoisotopic (exact) mass is 266 g/mol. The van der Waals surface area contributed by atoms with Crippen molar-refractivity contribution < 1.29 is 13.5 Å². The van der Waals surface area contributed by atoms with Crippen LogP contribution in [0.25, 0.3) is 0 Å². The molecular weight excluding hydrogens is 248 g/mol. The molecule has 0 bridgehead atoms. The Morgan fingerprint density at radius 2 is 1.78 bits per heavy atom. The summed E-state index contributed by atoms with van der Waals surface area (Å²) in [5.74, 6) is 0. The van der Waals surface area contributed by atoms with Crippen LogP contribution >= 0.6 is 0 Å². The fourth-order valence-electron chi connectivity index (χ4n) is 1.39. The standard InChI is InChI=1S/C14H18O3S/c1-11(2)10-13(15)8-9-18(16,17)14-6-4-12(3)5-7-14/h4-10,13,15H,1-3H3/b9-8+. The van der Waals surface area contributed by atoms with E-state index in [0.717, 1.165) is 16.5 Å². The molecule has 0 aliphatic carbocycles. The molecule has 1 rings (SSSR count). The Hall–Kier alpha value is -1.39. The minimum atomic E-state index is -3.48. The molecule has 1 aromatic rings. The van der Waals surface area contributed by atoms with Crippen molar-refractivity contribution in [3.8, 4) is 0 Å². The molecule has 3 nitrogen and oxygen atoms in total. The molecule has 1 atom stereocenters. The lowest BCUT2D eigenvalue weighted by Gasteiger charge is -2.02. The van der Waals surface area contributed by atoms with Crippen LogP contribution in [0.2, 0.25) is 0 Å². The highest BCUT2D eigenvalue weighted by Crippen LogP contribution is 2.13. The Morgan fingerprint density at radius 1 is 1.22 bits per heavy atom. The number of aliphatic hydroxyl groups is 1. The third kappa shape index (κ3) is 4.47. The van der Waals surface area contributed by atoms with Crippen molar-refractivity contribution in [2.75, 3.05) is 0 Å². The summed E-state index contributed by atoms with van der Waals surface area (Å²) in [5, 5.41) is 10.6. The molecule has 18 heavy (non-hydrogen) atoms. The van der Waals surface area contributed by atoms with Crippen LogP contribution in [-0.2, 0) is 9.84 Å². The highest BCUT2D eigenvalue weighted by molar-refractivity contribution is 7.94. The molecule has 0 aliphatic heterocycles. The van der Waals surface area contributed by atoms with Crippen molar-refractivity contribution in [1.82, 2.24) is 0 Å². The van der Waals surface area contributed by atoms with E-state index >= 15 is 0 Å². The van der Waals surface area contributed by atoms with E-state index in [4.69, 9.17) is 0 Å². The molecule has 0 fully saturated rings. The summed E-state index contributed by atoms with van der Waals surface area (Å²) in [6.07, 6.45) is 1.97. The number of sulfone groups is 1. The van der Waals surface area contributed by atoms with Gasteiger partial charge in [0.05, 0.1) is 11.0 Å². The van der Waals surface area contributed by atoms with Crippen molar-refractivity contribution in [1.29, 1.82) is 0 Å². The van der Waals surface area contributed by atoms with Crippen molar-refractivity contribution in [3.05, 3.63) is 53.0 Å². The fourth-order valence-corrected chi connectivity index (χ4v) is 2.43. The van der Waals surface area contributed by atoms with Crippen LogP contribution in [-0.4, -0.2) is 19.6 Å². The van der Waals surface area contributed by atoms with Crippen LogP contribution in [0.3, 0.4) is 0 Å². The minimum Gasteiger partial charge on any atom is -0.385 e. The summed E-state index contributed by atoms with van der Waals surface area (Å²) in [4.78, 5) is 0.230. The molecule has 0 aromatic heterocycles. The van der Waals surface area contributed by atoms with Gasteiger partial charge in [-0.15, -0.1) is 0 Å². The lowest BCUT2D eigenvalue weighted by atomic mass is 10.2. The molecule has 0 saturated carbocycles. The van der Waals surface area contributed by atoms with Gasteiger partial charge in [0.25, 0.3) is 0 Å². The average Bonchev–Trinajstić information content (AvgIpc) is 2.26. The molecule has 1 unspecified atom stereocenters. The van der Waals surface area contributed by atoms with Gasteiger partial charge in [0.15, 0.2) is 9.84 Å². The van der Waals surface area contributed by atoms with Gasteiger partial charge in [-0.05, 0) is 39.0 Å². The van der Waals surface area contributed by atoms with E-state index in [9.17, 15) is 13.5 Å². The normalized spacial score (nSPS) is 13.6. The summed E-state index contributed by atoms with van der Waals surface area (Å²) in [6.45, 7) is 5.57. The van der Waals surface area contributed by atoms with E-state index in [1.165, 1.54) is 6.08 Å². The summed E-state index contributed by atoms with van der Waals surface area (Å²) in [6, 6.07) is 6.60. The lowest BCUT2D eigenvalue weighted by Crippen LogP contribution is -2.01. The molecule has 0 radical (unpaired) electrons. The topological polar surface area (TPSA) is 54.4 Å². The zero-order chi connectivity index (χ0) is 13.8. The fraction of sp³-hybridized carbons (Fsp3) is 0.286. The minimum absolute atomic E-state index is 0.230. The van der Waals surface area contributed by atoms with Crippen molar-refractivity contribution >= 4 is 9.84 Å². The summed E-state index contributed by atoms with van der Waals surface area (Å²) >= 11 is 0. The van der Waals surface area contributed by atoms with E-state index in [1.807, 2.05) is 20.8 Å². The van der Waals surface area contributed by atoms with Gasteiger partial charge in [0.2, 0.25) is 0 Å². The van der Waals surface area contributed by atoms with Gasteiger partial charge >= 0.3 is 0 Å². The SMILES string of the molecule is CC(C)=CC(O)/C=C/S(=O)(=O)c1ccc(C)cc1. The van der Waals surface area contributed by atoms with Crippen LogP contribution in [0.5, 0.6) is 0 Å². The van der Waals surface area contributed by atoms with Gasteiger partial charge in [0, 0.05) is 5.41 Å². The first-order valence-corrected chi connectivity index (χ1v) is 7.19. The third-order valence-corrected chi connectivity index (χ3v) is 3.75. The second kappa shape index (κ2) is 5.98. The first-order valence-electron chi connectivity index (χ1n) is 5.64. The zero-order valence-corrected chi connectivity index (χ0v) is 11.6. The second-order valence-corrected chi connectivity index (χ2v) is 6.25. The second-order valence-electron chi connectivity index (χ2n) is 4.42. The first kappa shape index (κ1) is 14.7. The first-order chi connectivity index (χ1) is 8.31. The van der Waals surface area contributed by atoms with Gasteiger partial charge in [-0.3, -0.25) is 0 Å². The third-order valence-electron chi connectivity index (χ3n) is 2.31. The molecule has 0 aliphatic rings. The van der Waals surface area contributed by atoms with Crippen molar-refractivity contribution in [3.63, 3.8) is 0 Å². The molecule has 98 valence electrons.